The fourth-order valence-electron chi connectivity index (χ4n) is 3.12. The number of aliphatic hydroxyl groups excluding tert-OH is 1. The molecule has 2 aromatic carbocycles. The number of nitrogens with one attached hydrogen (secondary N) is 1. The molecule has 0 saturated carbocycles. The monoisotopic (exact) mass is 452 g/mol. The van der Waals surface area contributed by atoms with E-state index in [1.807, 2.05) is 48.7 Å². The molecule has 0 fully saturated rings. The molecule has 2 N–H and O–H groups in total. The fourth-order valence-corrected chi connectivity index (χ4v) is 3.88. The highest BCUT2D eigenvalue weighted by Gasteiger charge is 2.12. The van der Waals surface area contributed by atoms with E-state index in [1.165, 1.54) is 6.21 Å². The zero-order chi connectivity index (χ0) is 23.0. The topological polar surface area (TPSA) is 92.7 Å². The summed E-state index contributed by atoms with van der Waals surface area (Å²) < 4.78 is 13.4. The van der Waals surface area contributed by atoms with E-state index in [1.54, 1.807) is 4.68 Å². The molecular formula is C24H32N4O3Si. The lowest BCUT2D eigenvalue weighted by molar-refractivity contribution is 0.155. The SMILES string of the molecule is C[Si](C)(C)CCOCN=C(CC=N)c1ccc(Oc2ccc3nn(CCO)cc3c2)cc1. The van der Waals surface area contributed by atoms with Crippen molar-refractivity contribution in [2.24, 2.45) is 4.99 Å². The van der Waals surface area contributed by atoms with Crippen molar-refractivity contribution < 1.29 is 14.6 Å². The molecule has 8 heteroatoms. The van der Waals surface area contributed by atoms with Crippen LogP contribution in [0.2, 0.25) is 25.7 Å². The standard InChI is InChI=1S/C24H32N4O3Si/c1-32(2,3)15-14-30-18-26-23(10-11-25)19-4-6-21(7-5-19)31-22-8-9-24-20(16-22)17-28(27-24)12-13-29/h4-9,11,16-17,25,29H,10,12-15,18H2,1-3H3. The van der Waals surface area contributed by atoms with Crippen LogP contribution in [0.3, 0.4) is 0 Å². The Kier molecular flexibility index (Phi) is 8.32. The minimum Gasteiger partial charge on any atom is -0.457 e. The maximum Gasteiger partial charge on any atom is 0.137 e. The number of hydrogen-bond acceptors (Lipinski definition) is 6. The molecule has 7 nitrogen and oxygen atoms in total. The minimum absolute atomic E-state index is 0.0531. The predicted octanol–water partition coefficient (Wildman–Crippen LogP) is 4.96. The minimum atomic E-state index is -1.11. The second kappa shape index (κ2) is 11.2. The van der Waals surface area contributed by atoms with Crippen LogP contribution in [-0.2, 0) is 11.3 Å². The third-order valence-corrected chi connectivity index (χ3v) is 6.62. The molecule has 0 aliphatic rings. The van der Waals surface area contributed by atoms with Crippen molar-refractivity contribution in [1.29, 1.82) is 5.41 Å². The molecule has 0 aliphatic carbocycles. The highest BCUT2D eigenvalue weighted by molar-refractivity contribution is 6.76. The van der Waals surface area contributed by atoms with E-state index >= 15 is 0 Å². The van der Waals surface area contributed by atoms with Crippen LogP contribution in [0.4, 0.5) is 0 Å². The molecule has 0 spiro atoms. The fraction of sp³-hybridized carbons (Fsp3) is 0.375. The number of benzene rings is 2. The Morgan fingerprint density at radius 2 is 1.91 bits per heavy atom. The van der Waals surface area contributed by atoms with Gasteiger partial charge in [-0.2, -0.15) is 5.10 Å². The molecule has 3 rings (SSSR count). The number of nitrogens with zero attached hydrogens (tertiary/aromatic N) is 3. The summed E-state index contributed by atoms with van der Waals surface area (Å²) in [5, 5.41) is 21.9. The maximum absolute atomic E-state index is 9.08. The Morgan fingerprint density at radius 3 is 2.59 bits per heavy atom. The van der Waals surface area contributed by atoms with E-state index in [-0.39, 0.29) is 6.61 Å². The van der Waals surface area contributed by atoms with Gasteiger partial charge in [-0.3, -0.25) is 9.67 Å². The van der Waals surface area contributed by atoms with Crippen molar-refractivity contribution in [2.45, 2.75) is 38.7 Å². The van der Waals surface area contributed by atoms with Gasteiger partial charge in [0.15, 0.2) is 0 Å². The Bertz CT molecular complexity index is 1060. The lowest BCUT2D eigenvalue weighted by Gasteiger charge is -2.14. The number of aromatic nitrogens is 2. The molecule has 0 unspecified atom stereocenters. The van der Waals surface area contributed by atoms with Crippen LogP contribution in [-0.4, -0.2) is 54.8 Å². The van der Waals surface area contributed by atoms with Gasteiger partial charge in [0.2, 0.25) is 0 Å². The molecule has 0 atom stereocenters. The second-order valence-electron chi connectivity index (χ2n) is 8.82. The summed E-state index contributed by atoms with van der Waals surface area (Å²) in [6.45, 7) is 8.54. The summed E-state index contributed by atoms with van der Waals surface area (Å²) in [7, 11) is -1.11. The Morgan fingerprint density at radius 1 is 1.16 bits per heavy atom. The average Bonchev–Trinajstić information content (AvgIpc) is 3.14. The van der Waals surface area contributed by atoms with Crippen LogP contribution in [0, 0.1) is 5.41 Å². The van der Waals surface area contributed by atoms with Crippen LogP contribution in [0.5, 0.6) is 11.5 Å². The zero-order valence-corrected chi connectivity index (χ0v) is 20.0. The number of hydrogen-bond donors (Lipinski definition) is 2. The van der Waals surface area contributed by atoms with E-state index in [0.29, 0.717) is 19.7 Å². The van der Waals surface area contributed by atoms with Crippen LogP contribution in [0.1, 0.15) is 12.0 Å². The van der Waals surface area contributed by atoms with Crippen molar-refractivity contribution in [2.75, 3.05) is 19.9 Å². The molecule has 1 heterocycles. The van der Waals surface area contributed by atoms with E-state index in [0.717, 1.165) is 46.3 Å². The van der Waals surface area contributed by atoms with Gasteiger partial charge in [0.25, 0.3) is 0 Å². The third-order valence-electron chi connectivity index (χ3n) is 4.91. The zero-order valence-electron chi connectivity index (χ0n) is 19.0. The Hall–Kier alpha value is -2.81. The molecule has 3 aromatic rings. The van der Waals surface area contributed by atoms with E-state index in [2.05, 4.69) is 29.7 Å². The van der Waals surface area contributed by atoms with E-state index < -0.39 is 8.07 Å². The van der Waals surface area contributed by atoms with Crippen molar-refractivity contribution in [3.05, 3.63) is 54.2 Å². The number of ether oxygens (including phenoxy) is 2. The largest absolute Gasteiger partial charge is 0.457 e. The van der Waals surface area contributed by atoms with Gasteiger partial charge < -0.3 is 20.0 Å². The van der Waals surface area contributed by atoms with Gasteiger partial charge in [-0.05, 0) is 54.1 Å². The van der Waals surface area contributed by atoms with Crippen molar-refractivity contribution in [3.63, 3.8) is 0 Å². The van der Waals surface area contributed by atoms with Crippen molar-refractivity contribution >= 4 is 30.9 Å². The Labute approximate surface area is 190 Å². The smallest absolute Gasteiger partial charge is 0.137 e. The maximum atomic E-state index is 9.08. The molecule has 0 radical (unpaired) electrons. The summed E-state index contributed by atoms with van der Waals surface area (Å²) in [4.78, 5) is 4.56. The quantitative estimate of drug-likeness (QED) is 0.231. The molecule has 0 bridgehead atoms. The lowest BCUT2D eigenvalue weighted by atomic mass is 10.1. The third kappa shape index (κ3) is 7.12. The summed E-state index contributed by atoms with van der Waals surface area (Å²) in [6, 6.07) is 14.6. The molecule has 1 aromatic heterocycles. The van der Waals surface area contributed by atoms with Crippen LogP contribution in [0.15, 0.2) is 53.7 Å². The normalized spacial score (nSPS) is 12.3. The number of fused-ring (bicyclic) bond motifs is 1. The predicted molar refractivity (Wildman–Crippen MR) is 132 cm³/mol. The molecule has 0 aliphatic heterocycles. The summed E-state index contributed by atoms with van der Waals surface area (Å²) in [5.74, 6) is 1.44. The average molecular weight is 453 g/mol. The highest BCUT2D eigenvalue weighted by atomic mass is 28.3. The van der Waals surface area contributed by atoms with Gasteiger partial charge in [-0.25, -0.2) is 0 Å². The number of aliphatic imine (C=N–C) groups is 1. The Balaban J connectivity index is 1.63. The first-order valence-corrected chi connectivity index (χ1v) is 14.5. The van der Waals surface area contributed by atoms with E-state index in [4.69, 9.17) is 20.0 Å². The van der Waals surface area contributed by atoms with Crippen molar-refractivity contribution in [3.8, 4) is 11.5 Å². The molecule has 0 saturated heterocycles. The number of rotatable bonds is 12. The van der Waals surface area contributed by atoms with Crippen LogP contribution < -0.4 is 4.74 Å². The second-order valence-corrected chi connectivity index (χ2v) is 14.4. The highest BCUT2D eigenvalue weighted by Crippen LogP contribution is 2.26. The summed E-state index contributed by atoms with van der Waals surface area (Å²) in [5.41, 5.74) is 2.65. The van der Waals surface area contributed by atoms with Gasteiger partial charge in [-0.15, -0.1) is 0 Å². The van der Waals surface area contributed by atoms with Gasteiger partial charge in [-0.1, -0.05) is 19.6 Å². The first-order chi connectivity index (χ1) is 15.4. The number of aliphatic hydroxyl groups is 1. The van der Waals surface area contributed by atoms with Crippen molar-refractivity contribution in [1.82, 2.24) is 9.78 Å². The first kappa shape index (κ1) is 23.8. The van der Waals surface area contributed by atoms with Gasteiger partial charge in [0, 0.05) is 38.9 Å². The molecule has 0 amide bonds. The van der Waals surface area contributed by atoms with Crippen LogP contribution in [0.25, 0.3) is 10.9 Å². The van der Waals surface area contributed by atoms with E-state index in [9.17, 15) is 0 Å². The first-order valence-electron chi connectivity index (χ1n) is 10.8. The molecular weight excluding hydrogens is 420 g/mol. The molecule has 32 heavy (non-hydrogen) atoms. The lowest BCUT2D eigenvalue weighted by Crippen LogP contribution is -2.21. The van der Waals surface area contributed by atoms with Gasteiger partial charge >= 0.3 is 0 Å². The molecule has 170 valence electrons. The van der Waals surface area contributed by atoms with Gasteiger partial charge in [0.1, 0.15) is 18.2 Å². The van der Waals surface area contributed by atoms with Crippen LogP contribution >= 0.6 is 0 Å². The summed E-state index contributed by atoms with van der Waals surface area (Å²) in [6.07, 6.45) is 3.72. The summed E-state index contributed by atoms with van der Waals surface area (Å²) >= 11 is 0. The van der Waals surface area contributed by atoms with Gasteiger partial charge in [0.05, 0.1) is 24.4 Å².